The Morgan fingerprint density at radius 1 is 1.89 bits per heavy atom. The Hall–Kier alpha value is -1.32. The number of aryl methyl sites for hydroxylation is 1. The highest BCUT2D eigenvalue weighted by molar-refractivity contribution is 5.77. The van der Waals surface area contributed by atoms with E-state index in [-0.39, 0.29) is 0 Å². The first-order valence-electron chi connectivity index (χ1n) is 2.52. The van der Waals surface area contributed by atoms with Crippen molar-refractivity contribution in [3.8, 4) is 0 Å². The molecule has 0 aliphatic rings. The lowest BCUT2D eigenvalue weighted by Crippen LogP contribution is -1.83. The quantitative estimate of drug-likeness (QED) is 0.326. The van der Waals surface area contributed by atoms with Crippen LogP contribution in [0.3, 0.4) is 0 Å². The van der Waals surface area contributed by atoms with Gasteiger partial charge >= 0.3 is 0 Å². The van der Waals surface area contributed by atoms with Crippen molar-refractivity contribution in [2.75, 3.05) is 0 Å². The number of rotatable bonds is 1. The van der Waals surface area contributed by atoms with E-state index in [9.17, 15) is 0 Å². The van der Waals surface area contributed by atoms with Gasteiger partial charge in [-0.3, -0.25) is 0 Å². The first-order chi connectivity index (χ1) is 4.34. The molecule has 4 heteroatoms. The van der Waals surface area contributed by atoms with Gasteiger partial charge in [0.15, 0.2) is 0 Å². The molecule has 0 spiro atoms. The Balaban J connectivity index is 2.94. The Morgan fingerprint density at radius 2 is 2.67 bits per heavy atom. The highest BCUT2D eigenvalue weighted by Gasteiger charge is 1.93. The van der Waals surface area contributed by atoms with Crippen LogP contribution in [0.2, 0.25) is 0 Å². The van der Waals surface area contributed by atoms with E-state index in [1.165, 1.54) is 6.21 Å². The molecule has 4 nitrogen and oxygen atoms in total. The van der Waals surface area contributed by atoms with Crippen molar-refractivity contribution in [3.63, 3.8) is 0 Å². The maximum Gasteiger partial charge on any atom is 0.105 e. The summed E-state index contributed by atoms with van der Waals surface area (Å²) in [4.78, 5) is 6.68. The van der Waals surface area contributed by atoms with E-state index < -0.39 is 0 Å². The summed E-state index contributed by atoms with van der Waals surface area (Å²) in [5.41, 5.74) is 1.56. The number of hydrogen-bond donors (Lipinski definition) is 2. The standard InChI is InChI=1S/C5H7N3O/c1-4-5(2-8-9)7-3-6-4/h2-3,9H,1H3,(H,6,7)/b8-2+. The molecule has 1 heterocycles. The molecule has 0 radical (unpaired) electrons. The summed E-state index contributed by atoms with van der Waals surface area (Å²) in [6.07, 6.45) is 2.83. The molecule has 0 amide bonds. The number of oxime groups is 1. The van der Waals surface area contributed by atoms with E-state index in [2.05, 4.69) is 15.1 Å². The van der Waals surface area contributed by atoms with Gasteiger partial charge in [-0.1, -0.05) is 5.16 Å². The second kappa shape index (κ2) is 2.30. The fraction of sp³-hybridized carbons (Fsp3) is 0.200. The van der Waals surface area contributed by atoms with Crippen LogP contribution in [0.25, 0.3) is 0 Å². The SMILES string of the molecule is Cc1[nH]cnc1/C=N/O. The number of nitrogens with zero attached hydrogens (tertiary/aromatic N) is 2. The minimum absolute atomic E-state index is 0.664. The summed E-state index contributed by atoms with van der Waals surface area (Å²) < 4.78 is 0. The molecule has 2 N–H and O–H groups in total. The van der Waals surface area contributed by atoms with Crippen LogP contribution in [0.4, 0.5) is 0 Å². The third-order valence-corrected chi connectivity index (χ3v) is 1.05. The molecule has 0 aliphatic carbocycles. The first kappa shape index (κ1) is 5.81. The van der Waals surface area contributed by atoms with Crippen LogP contribution < -0.4 is 0 Å². The zero-order valence-corrected chi connectivity index (χ0v) is 5.00. The summed E-state index contributed by atoms with van der Waals surface area (Å²) in [5.74, 6) is 0. The minimum atomic E-state index is 0.664. The first-order valence-corrected chi connectivity index (χ1v) is 2.52. The van der Waals surface area contributed by atoms with Crippen molar-refractivity contribution in [1.82, 2.24) is 9.97 Å². The molecule has 1 rings (SSSR count). The fourth-order valence-electron chi connectivity index (χ4n) is 0.554. The van der Waals surface area contributed by atoms with Crippen LogP contribution in [0.15, 0.2) is 11.5 Å². The van der Waals surface area contributed by atoms with Crippen LogP contribution in [0.5, 0.6) is 0 Å². The average Bonchev–Trinajstić information content (AvgIpc) is 2.18. The molecule has 48 valence electrons. The van der Waals surface area contributed by atoms with Gasteiger partial charge in [-0.15, -0.1) is 0 Å². The normalized spacial score (nSPS) is 10.8. The molecule has 0 aromatic carbocycles. The Labute approximate surface area is 52.2 Å². The maximum absolute atomic E-state index is 8.08. The van der Waals surface area contributed by atoms with E-state index in [1.807, 2.05) is 6.92 Å². The fourth-order valence-corrected chi connectivity index (χ4v) is 0.554. The smallest absolute Gasteiger partial charge is 0.105 e. The van der Waals surface area contributed by atoms with E-state index in [0.717, 1.165) is 5.69 Å². The Morgan fingerprint density at radius 3 is 3.11 bits per heavy atom. The number of imidazole rings is 1. The summed E-state index contributed by atoms with van der Waals surface area (Å²) >= 11 is 0. The number of hydrogen-bond acceptors (Lipinski definition) is 3. The summed E-state index contributed by atoms with van der Waals surface area (Å²) in [5, 5.41) is 10.9. The van der Waals surface area contributed by atoms with Gasteiger partial charge in [0, 0.05) is 5.69 Å². The van der Waals surface area contributed by atoms with Crippen LogP contribution in [-0.2, 0) is 0 Å². The zero-order valence-electron chi connectivity index (χ0n) is 5.00. The average molecular weight is 125 g/mol. The predicted molar refractivity (Wildman–Crippen MR) is 32.7 cm³/mol. The summed E-state index contributed by atoms with van der Waals surface area (Å²) in [6, 6.07) is 0. The van der Waals surface area contributed by atoms with Crippen molar-refractivity contribution in [1.29, 1.82) is 0 Å². The van der Waals surface area contributed by atoms with Gasteiger partial charge < -0.3 is 10.2 Å². The van der Waals surface area contributed by atoms with Crippen LogP contribution >= 0.6 is 0 Å². The lowest BCUT2D eigenvalue weighted by molar-refractivity contribution is 0.321. The summed E-state index contributed by atoms with van der Waals surface area (Å²) in [6.45, 7) is 1.85. The predicted octanol–water partition coefficient (Wildman–Crippen LogP) is 0.526. The van der Waals surface area contributed by atoms with Crippen molar-refractivity contribution in [2.45, 2.75) is 6.92 Å². The van der Waals surface area contributed by atoms with Crippen LogP contribution in [0, 0.1) is 6.92 Å². The number of aromatic nitrogens is 2. The topological polar surface area (TPSA) is 61.3 Å². The van der Waals surface area contributed by atoms with Crippen molar-refractivity contribution in [3.05, 3.63) is 17.7 Å². The van der Waals surface area contributed by atoms with Gasteiger partial charge in [0.25, 0.3) is 0 Å². The molecule has 0 fully saturated rings. The van der Waals surface area contributed by atoms with Crippen molar-refractivity contribution < 1.29 is 5.21 Å². The van der Waals surface area contributed by atoms with Gasteiger partial charge in [0.1, 0.15) is 5.69 Å². The maximum atomic E-state index is 8.08. The third-order valence-electron chi connectivity index (χ3n) is 1.05. The van der Waals surface area contributed by atoms with Gasteiger partial charge in [-0.05, 0) is 6.92 Å². The molecule has 0 atom stereocenters. The number of H-pyrrole nitrogens is 1. The zero-order chi connectivity index (χ0) is 6.69. The molecular formula is C5H7N3O. The van der Waals surface area contributed by atoms with E-state index in [4.69, 9.17) is 5.21 Å². The second-order valence-corrected chi connectivity index (χ2v) is 1.66. The summed E-state index contributed by atoms with van der Waals surface area (Å²) in [7, 11) is 0. The molecular weight excluding hydrogens is 118 g/mol. The van der Waals surface area contributed by atoms with Gasteiger partial charge in [0.2, 0.25) is 0 Å². The molecule has 0 saturated carbocycles. The molecule has 0 bridgehead atoms. The molecule has 9 heavy (non-hydrogen) atoms. The van der Waals surface area contributed by atoms with Gasteiger partial charge in [0.05, 0.1) is 12.5 Å². The molecule has 0 aliphatic heterocycles. The minimum Gasteiger partial charge on any atom is -0.411 e. The monoisotopic (exact) mass is 125 g/mol. The highest BCUT2D eigenvalue weighted by Crippen LogP contribution is 1.94. The number of nitrogens with one attached hydrogen (secondary N) is 1. The molecule has 1 aromatic rings. The third kappa shape index (κ3) is 1.07. The van der Waals surface area contributed by atoms with Crippen LogP contribution in [-0.4, -0.2) is 21.4 Å². The van der Waals surface area contributed by atoms with Crippen molar-refractivity contribution in [2.24, 2.45) is 5.16 Å². The second-order valence-electron chi connectivity index (χ2n) is 1.66. The number of aromatic amines is 1. The Bertz CT molecular complexity index is 216. The van der Waals surface area contributed by atoms with E-state index >= 15 is 0 Å². The lowest BCUT2D eigenvalue weighted by Gasteiger charge is -1.81. The van der Waals surface area contributed by atoms with E-state index in [0.29, 0.717) is 5.69 Å². The highest BCUT2D eigenvalue weighted by atomic mass is 16.4. The largest absolute Gasteiger partial charge is 0.411 e. The van der Waals surface area contributed by atoms with Crippen LogP contribution in [0.1, 0.15) is 11.4 Å². The molecule has 1 aromatic heterocycles. The lowest BCUT2D eigenvalue weighted by atomic mass is 10.4. The van der Waals surface area contributed by atoms with Crippen molar-refractivity contribution >= 4 is 6.21 Å². The Kier molecular flexibility index (Phi) is 1.48. The van der Waals surface area contributed by atoms with Gasteiger partial charge in [-0.2, -0.15) is 0 Å². The molecule has 0 unspecified atom stereocenters. The van der Waals surface area contributed by atoms with E-state index in [1.54, 1.807) is 6.33 Å². The molecule has 0 saturated heterocycles. The van der Waals surface area contributed by atoms with Gasteiger partial charge in [-0.25, -0.2) is 4.98 Å².